The Hall–Kier alpha value is -1.69. The van der Waals surface area contributed by atoms with E-state index < -0.39 is 5.54 Å². The number of imidazole rings is 1. The van der Waals surface area contributed by atoms with E-state index in [1.54, 1.807) is 12.5 Å². The van der Waals surface area contributed by atoms with Crippen molar-refractivity contribution in [2.24, 2.45) is 18.7 Å². The molecule has 0 aliphatic heterocycles. The zero-order valence-corrected chi connectivity index (χ0v) is 11.3. The van der Waals surface area contributed by atoms with Crippen LogP contribution in [0.25, 0.3) is 11.5 Å². The minimum Gasteiger partial charge on any atom is -0.337 e. The van der Waals surface area contributed by atoms with Crippen LogP contribution in [-0.2, 0) is 12.6 Å². The van der Waals surface area contributed by atoms with E-state index in [0.29, 0.717) is 11.7 Å². The molecule has 19 heavy (non-hydrogen) atoms. The molecular weight excluding hydrogens is 242 g/mol. The number of nitrogens with two attached hydrogens (primary N) is 1. The van der Waals surface area contributed by atoms with E-state index in [0.717, 1.165) is 37.3 Å². The van der Waals surface area contributed by atoms with E-state index in [2.05, 4.69) is 22.0 Å². The molecule has 0 aromatic carbocycles. The Morgan fingerprint density at radius 3 is 2.79 bits per heavy atom. The second kappa shape index (κ2) is 4.45. The summed E-state index contributed by atoms with van der Waals surface area (Å²) in [7, 11) is 1.90. The molecule has 0 amide bonds. The fourth-order valence-corrected chi connectivity index (χ4v) is 2.59. The molecule has 0 spiro atoms. The van der Waals surface area contributed by atoms with Crippen molar-refractivity contribution in [1.82, 2.24) is 19.7 Å². The molecule has 0 saturated heterocycles. The number of aromatic nitrogens is 4. The molecule has 1 aliphatic rings. The molecule has 6 nitrogen and oxygen atoms in total. The average Bonchev–Trinajstić information content (AvgIpc) is 3.01. The zero-order chi connectivity index (χ0) is 13.5. The van der Waals surface area contributed by atoms with E-state index in [9.17, 15) is 0 Å². The molecule has 0 atom stereocenters. The molecule has 0 radical (unpaired) electrons. The van der Waals surface area contributed by atoms with Crippen LogP contribution >= 0.6 is 0 Å². The maximum atomic E-state index is 6.43. The van der Waals surface area contributed by atoms with E-state index in [4.69, 9.17) is 10.3 Å². The fraction of sp³-hybridized carbons (Fsp3) is 0.615. The van der Waals surface area contributed by atoms with Crippen LogP contribution in [0, 0.1) is 5.92 Å². The molecule has 2 heterocycles. The molecule has 1 aliphatic carbocycles. The summed E-state index contributed by atoms with van der Waals surface area (Å²) in [6, 6.07) is 0. The van der Waals surface area contributed by atoms with E-state index in [1.165, 1.54) is 0 Å². The molecule has 0 unspecified atom stereocenters. The molecule has 6 heteroatoms. The normalized spacial score (nSPS) is 27.6. The Balaban J connectivity index is 1.87. The first-order valence-corrected chi connectivity index (χ1v) is 6.68. The highest BCUT2D eigenvalue weighted by Crippen LogP contribution is 2.37. The molecule has 1 fully saturated rings. The highest BCUT2D eigenvalue weighted by atomic mass is 16.5. The first-order chi connectivity index (χ1) is 9.08. The second-order valence-corrected chi connectivity index (χ2v) is 5.65. The van der Waals surface area contributed by atoms with Gasteiger partial charge in [0.2, 0.25) is 11.7 Å². The Bertz CT molecular complexity index is 565. The third-order valence-electron chi connectivity index (χ3n) is 4.06. The summed E-state index contributed by atoms with van der Waals surface area (Å²) in [5.74, 6) is 1.84. The number of rotatable bonds is 2. The Morgan fingerprint density at radius 1 is 1.42 bits per heavy atom. The van der Waals surface area contributed by atoms with Crippen molar-refractivity contribution < 1.29 is 4.52 Å². The highest BCUT2D eigenvalue weighted by molar-refractivity contribution is 5.47. The topological polar surface area (TPSA) is 82.8 Å². The SMILES string of the molecule is CC1CCC(N)(c2nc(-c3cncn3C)no2)CC1. The van der Waals surface area contributed by atoms with Gasteiger partial charge in [0.25, 0.3) is 0 Å². The Morgan fingerprint density at radius 2 is 2.16 bits per heavy atom. The van der Waals surface area contributed by atoms with Crippen molar-refractivity contribution in [2.75, 3.05) is 0 Å². The Kier molecular flexibility index (Phi) is 2.89. The standard InChI is InChI=1S/C13H19N5O/c1-9-3-5-13(14,6-4-9)12-16-11(17-19-12)10-7-15-8-18(10)2/h7-9H,3-6,14H2,1-2H3. The Labute approximate surface area is 112 Å². The van der Waals surface area contributed by atoms with Crippen LogP contribution in [0.4, 0.5) is 0 Å². The van der Waals surface area contributed by atoms with Crippen LogP contribution in [0.15, 0.2) is 17.0 Å². The lowest BCUT2D eigenvalue weighted by atomic mass is 9.78. The van der Waals surface area contributed by atoms with E-state index in [-0.39, 0.29) is 0 Å². The van der Waals surface area contributed by atoms with Gasteiger partial charge in [0, 0.05) is 7.05 Å². The first-order valence-electron chi connectivity index (χ1n) is 6.68. The van der Waals surface area contributed by atoms with Crippen molar-refractivity contribution >= 4 is 0 Å². The van der Waals surface area contributed by atoms with Crippen LogP contribution < -0.4 is 5.73 Å². The van der Waals surface area contributed by atoms with Gasteiger partial charge in [-0.05, 0) is 31.6 Å². The lowest BCUT2D eigenvalue weighted by Gasteiger charge is -2.32. The smallest absolute Gasteiger partial charge is 0.247 e. The third kappa shape index (κ3) is 2.16. The predicted molar refractivity (Wildman–Crippen MR) is 70.0 cm³/mol. The van der Waals surface area contributed by atoms with Gasteiger partial charge in [-0.2, -0.15) is 4.98 Å². The molecule has 2 aromatic heterocycles. The lowest BCUT2D eigenvalue weighted by molar-refractivity contribution is 0.190. The molecule has 0 bridgehead atoms. The van der Waals surface area contributed by atoms with Crippen LogP contribution in [0.1, 0.15) is 38.5 Å². The monoisotopic (exact) mass is 261 g/mol. The summed E-state index contributed by atoms with van der Waals surface area (Å²) >= 11 is 0. The van der Waals surface area contributed by atoms with Crippen molar-refractivity contribution in [3.63, 3.8) is 0 Å². The lowest BCUT2D eigenvalue weighted by Crippen LogP contribution is -2.40. The average molecular weight is 261 g/mol. The maximum Gasteiger partial charge on any atom is 0.247 e. The fourth-order valence-electron chi connectivity index (χ4n) is 2.59. The first kappa shape index (κ1) is 12.3. The number of nitrogens with zero attached hydrogens (tertiary/aromatic N) is 4. The summed E-state index contributed by atoms with van der Waals surface area (Å²) in [5, 5.41) is 4.03. The molecule has 3 rings (SSSR count). The van der Waals surface area contributed by atoms with Crippen LogP contribution in [-0.4, -0.2) is 19.7 Å². The molecular formula is C13H19N5O. The zero-order valence-electron chi connectivity index (χ0n) is 11.3. The number of hydrogen-bond donors (Lipinski definition) is 1. The van der Waals surface area contributed by atoms with Gasteiger partial charge in [0.15, 0.2) is 0 Å². The van der Waals surface area contributed by atoms with Gasteiger partial charge in [0.1, 0.15) is 5.69 Å². The van der Waals surface area contributed by atoms with Crippen LogP contribution in [0.5, 0.6) is 0 Å². The third-order valence-corrected chi connectivity index (χ3v) is 4.06. The molecule has 102 valence electrons. The summed E-state index contributed by atoms with van der Waals surface area (Å²) in [4.78, 5) is 8.53. The molecule has 2 aromatic rings. The summed E-state index contributed by atoms with van der Waals surface area (Å²) in [6.07, 6.45) is 7.47. The summed E-state index contributed by atoms with van der Waals surface area (Å²) in [5.41, 5.74) is 6.80. The van der Waals surface area contributed by atoms with Gasteiger partial charge < -0.3 is 14.8 Å². The summed E-state index contributed by atoms with van der Waals surface area (Å²) in [6.45, 7) is 2.26. The molecule has 1 saturated carbocycles. The van der Waals surface area contributed by atoms with Gasteiger partial charge in [-0.15, -0.1) is 0 Å². The van der Waals surface area contributed by atoms with Crippen molar-refractivity contribution in [3.05, 3.63) is 18.4 Å². The quantitative estimate of drug-likeness (QED) is 0.891. The van der Waals surface area contributed by atoms with Gasteiger partial charge in [0.05, 0.1) is 18.1 Å². The minimum atomic E-state index is -0.462. The van der Waals surface area contributed by atoms with Crippen molar-refractivity contribution in [2.45, 2.75) is 38.1 Å². The minimum absolute atomic E-state index is 0.462. The van der Waals surface area contributed by atoms with Gasteiger partial charge in [-0.1, -0.05) is 12.1 Å². The van der Waals surface area contributed by atoms with Gasteiger partial charge in [-0.25, -0.2) is 4.98 Å². The maximum absolute atomic E-state index is 6.43. The largest absolute Gasteiger partial charge is 0.337 e. The second-order valence-electron chi connectivity index (χ2n) is 5.65. The highest BCUT2D eigenvalue weighted by Gasteiger charge is 2.37. The van der Waals surface area contributed by atoms with Crippen LogP contribution in [0.3, 0.4) is 0 Å². The van der Waals surface area contributed by atoms with Gasteiger partial charge >= 0.3 is 0 Å². The van der Waals surface area contributed by atoms with Crippen LogP contribution in [0.2, 0.25) is 0 Å². The van der Waals surface area contributed by atoms with E-state index in [1.807, 2.05) is 11.6 Å². The predicted octanol–water partition coefficient (Wildman–Crippen LogP) is 1.83. The molecule has 2 N–H and O–H groups in total. The van der Waals surface area contributed by atoms with Gasteiger partial charge in [-0.3, -0.25) is 0 Å². The van der Waals surface area contributed by atoms with Crippen molar-refractivity contribution in [1.29, 1.82) is 0 Å². The number of hydrogen-bond acceptors (Lipinski definition) is 5. The van der Waals surface area contributed by atoms with E-state index >= 15 is 0 Å². The summed E-state index contributed by atoms with van der Waals surface area (Å²) < 4.78 is 7.26. The van der Waals surface area contributed by atoms with Crippen molar-refractivity contribution in [3.8, 4) is 11.5 Å². The number of aryl methyl sites for hydroxylation is 1.